The van der Waals surface area contributed by atoms with Gasteiger partial charge in [0.1, 0.15) is 5.75 Å². The van der Waals surface area contributed by atoms with Gasteiger partial charge in [-0.25, -0.2) is 9.59 Å². The van der Waals surface area contributed by atoms with Crippen LogP contribution < -0.4 is 14.2 Å². The molecule has 212 valence electrons. The third kappa shape index (κ3) is 15.3. The molecular formula is C21H26Cl4N2O9Pt. The Kier molecular flexibility index (Phi) is 23.8. The minimum absolute atomic E-state index is 0. The number of aliphatic carboxylic acids is 1. The standard InChI is InChI=1S/C19H20O7.C2H2Cl2O2.2ClH.2H2N.Pt/c1-24-17-9-13(7-15(11-21)18(17)25-2)4-3-12-5-6-14(10-20)16(8-12)26-19(22)23;3-1(4)2(5)6;;;;;/h3-9,20-21H,10-11H2,1-2H3,(H,22,23);1H,(H,5,6);2*1H;2*1H2;/q;;;;2*-1;+4/p-2/b4-3-;;;;;;. The Labute approximate surface area is 240 Å². The van der Waals surface area contributed by atoms with E-state index in [9.17, 15) is 19.8 Å². The number of ether oxygens (including phenoxy) is 3. The average Bonchev–Trinajstić information content (AvgIpc) is 2.82. The predicted octanol–water partition coefficient (Wildman–Crippen LogP) is 6.60. The molecule has 0 saturated heterocycles. The first-order valence-corrected chi connectivity index (χ1v) is 15.6. The normalized spacial score (nSPS) is 9.65. The van der Waals surface area contributed by atoms with Gasteiger partial charge in [-0.05, 0) is 29.3 Å². The Hall–Kier alpha value is -1.79. The number of hydrogen-bond donors (Lipinski definition) is 4. The number of carbonyl (C=O) groups is 2. The number of aliphatic hydroxyl groups is 2. The van der Waals surface area contributed by atoms with Crippen molar-refractivity contribution >= 4 is 66.3 Å². The Morgan fingerprint density at radius 2 is 1.38 bits per heavy atom. The molecule has 0 radical (unpaired) electrons. The molecule has 0 amide bonds. The van der Waals surface area contributed by atoms with E-state index in [1.54, 1.807) is 36.4 Å². The molecule has 37 heavy (non-hydrogen) atoms. The maximum absolute atomic E-state index is 10.8. The van der Waals surface area contributed by atoms with Crippen LogP contribution in [0.2, 0.25) is 0 Å². The van der Waals surface area contributed by atoms with Crippen LogP contribution in [0, 0.1) is 0 Å². The van der Waals surface area contributed by atoms with Crippen LogP contribution in [0.25, 0.3) is 24.5 Å². The summed E-state index contributed by atoms with van der Waals surface area (Å²) in [6, 6.07) is 8.35. The van der Waals surface area contributed by atoms with Crippen molar-refractivity contribution in [2.75, 3.05) is 14.2 Å². The zero-order chi connectivity index (χ0) is 27.0. The first-order chi connectivity index (χ1) is 16.6. The van der Waals surface area contributed by atoms with Gasteiger partial charge in [-0.3, -0.25) is 0 Å². The molecule has 0 bridgehead atoms. The molecule has 11 nitrogen and oxygen atoms in total. The van der Waals surface area contributed by atoms with Crippen LogP contribution in [0.4, 0.5) is 4.79 Å². The topological polar surface area (TPSA) is 210 Å². The van der Waals surface area contributed by atoms with Gasteiger partial charge in [0, 0.05) is 11.1 Å². The van der Waals surface area contributed by atoms with Crippen LogP contribution in [0.15, 0.2) is 30.3 Å². The van der Waals surface area contributed by atoms with Gasteiger partial charge in [-0.1, -0.05) is 47.5 Å². The SMILES string of the molecule is COc1cc(/C=C\c2ccc(CO)c(OC(=O)O)c2)cc(CO)c1OC.O=C(O)C(Cl)Cl.[Cl][Pt+2][Cl].[NH2-].[NH2-]. The summed E-state index contributed by atoms with van der Waals surface area (Å²) < 4.78 is 15.2. The Morgan fingerprint density at radius 1 is 0.892 bits per heavy atom. The first-order valence-electron chi connectivity index (χ1n) is 9.10. The zero-order valence-corrected chi connectivity index (χ0v) is 24.6. The molecule has 0 heterocycles. The van der Waals surface area contributed by atoms with Gasteiger partial charge in [0.25, 0.3) is 0 Å². The van der Waals surface area contributed by atoms with Crippen LogP contribution in [0.3, 0.4) is 0 Å². The zero-order valence-electron chi connectivity index (χ0n) is 19.3. The largest absolute Gasteiger partial charge is 0.693 e. The van der Waals surface area contributed by atoms with E-state index >= 15 is 0 Å². The molecule has 0 fully saturated rings. The van der Waals surface area contributed by atoms with Crippen LogP contribution in [-0.2, 0) is 34.5 Å². The number of methoxy groups -OCH3 is 2. The summed E-state index contributed by atoms with van der Waals surface area (Å²) in [7, 11) is 12.8. The van der Waals surface area contributed by atoms with Gasteiger partial charge in [0.15, 0.2) is 11.5 Å². The molecule has 0 saturated carbocycles. The number of benzene rings is 2. The molecule has 0 aliphatic carbocycles. The van der Waals surface area contributed by atoms with E-state index in [-0.39, 0.29) is 31.3 Å². The predicted molar refractivity (Wildman–Crippen MR) is 141 cm³/mol. The molecule has 0 aliphatic heterocycles. The number of halogens is 4. The monoisotopic (exact) mass is 785 g/mol. The third-order valence-corrected chi connectivity index (χ3v) is 4.24. The molecule has 16 heteroatoms. The molecule has 8 N–H and O–H groups in total. The Morgan fingerprint density at radius 3 is 1.78 bits per heavy atom. The number of aliphatic hydroxyl groups excluding tert-OH is 2. The van der Waals surface area contributed by atoms with Crippen LogP contribution in [0.1, 0.15) is 22.3 Å². The molecule has 2 aromatic rings. The van der Waals surface area contributed by atoms with Crippen molar-refractivity contribution in [1.82, 2.24) is 0 Å². The average molecular weight is 787 g/mol. The van der Waals surface area contributed by atoms with Gasteiger partial charge < -0.3 is 46.9 Å². The molecule has 0 unspecified atom stereocenters. The molecule has 0 spiro atoms. The second-order valence-corrected chi connectivity index (χ2v) is 10.4. The second-order valence-electron chi connectivity index (χ2n) is 5.98. The van der Waals surface area contributed by atoms with Crippen molar-refractivity contribution in [3.8, 4) is 17.2 Å². The van der Waals surface area contributed by atoms with Crippen molar-refractivity contribution in [3.05, 3.63) is 64.9 Å². The summed E-state index contributed by atoms with van der Waals surface area (Å²) in [6.45, 7) is -0.537. The summed E-state index contributed by atoms with van der Waals surface area (Å²) in [5, 5.41) is 35.3. The van der Waals surface area contributed by atoms with Gasteiger partial charge >= 0.3 is 47.4 Å². The van der Waals surface area contributed by atoms with E-state index in [0.717, 1.165) is 5.56 Å². The van der Waals surface area contributed by atoms with Crippen LogP contribution in [0.5, 0.6) is 17.2 Å². The summed E-state index contributed by atoms with van der Waals surface area (Å²) in [5.74, 6) is -0.176. The van der Waals surface area contributed by atoms with E-state index in [4.69, 9.17) is 61.7 Å². The second kappa shape index (κ2) is 22.2. The minimum Gasteiger partial charge on any atom is -0.693 e. The molecule has 0 aromatic heterocycles. The number of hydrogen-bond acceptors (Lipinski definition) is 7. The van der Waals surface area contributed by atoms with Crippen LogP contribution in [-0.4, -0.2) is 51.6 Å². The number of nitrogens with two attached hydrogens (primary N) is 2. The number of carboxylic acid groups (broad SMARTS) is 2. The van der Waals surface area contributed by atoms with Crippen molar-refractivity contribution < 1.29 is 60.7 Å². The Bertz CT molecular complexity index is 973. The molecular weight excluding hydrogens is 761 g/mol. The summed E-state index contributed by atoms with van der Waals surface area (Å²) >= 11 is 9.08. The van der Waals surface area contributed by atoms with E-state index in [1.165, 1.54) is 20.3 Å². The van der Waals surface area contributed by atoms with Crippen molar-refractivity contribution in [2.45, 2.75) is 18.1 Å². The van der Waals surface area contributed by atoms with E-state index in [0.29, 0.717) is 28.2 Å². The Balaban J connectivity index is -0.000000909. The fourth-order valence-electron chi connectivity index (χ4n) is 2.47. The summed E-state index contributed by atoms with van der Waals surface area (Å²) in [4.78, 5) is 18.9. The van der Waals surface area contributed by atoms with Crippen molar-refractivity contribution in [2.24, 2.45) is 0 Å². The summed E-state index contributed by atoms with van der Waals surface area (Å²) in [6.07, 6.45) is 2.08. The summed E-state index contributed by atoms with van der Waals surface area (Å²) in [5.41, 5.74) is 2.40. The first kappa shape index (κ1) is 39.7. The third-order valence-electron chi connectivity index (χ3n) is 3.86. The van der Waals surface area contributed by atoms with Gasteiger partial charge in [0.05, 0.1) is 27.4 Å². The maximum atomic E-state index is 10.8. The fraction of sp³-hybridized carbons (Fsp3) is 0.238. The van der Waals surface area contributed by atoms with E-state index in [1.807, 2.05) is 0 Å². The minimum atomic E-state index is -1.45. The number of rotatable bonds is 8. The fourth-order valence-corrected chi connectivity index (χ4v) is 2.47. The van der Waals surface area contributed by atoms with Crippen LogP contribution >= 0.6 is 42.0 Å². The molecule has 2 aromatic carbocycles. The van der Waals surface area contributed by atoms with Gasteiger partial charge in [-0.2, -0.15) is 0 Å². The molecule has 2 rings (SSSR count). The molecule has 0 atom stereocenters. The number of alkyl halides is 2. The van der Waals surface area contributed by atoms with Crippen molar-refractivity contribution in [3.63, 3.8) is 0 Å². The van der Waals surface area contributed by atoms with Crippen molar-refractivity contribution in [1.29, 1.82) is 0 Å². The molecule has 0 aliphatic rings. The quantitative estimate of drug-likeness (QED) is 0.0982. The van der Waals surface area contributed by atoms with Gasteiger partial charge in [-0.15, -0.1) is 0 Å². The van der Waals surface area contributed by atoms with E-state index < -0.39 is 33.4 Å². The van der Waals surface area contributed by atoms with Gasteiger partial charge in [0.2, 0.25) is 4.84 Å². The maximum Gasteiger partial charge on any atom is -0.693 e. The number of carboxylic acids is 1. The van der Waals surface area contributed by atoms with E-state index in [2.05, 4.69) is 4.74 Å². The smallest absolute Gasteiger partial charge is 0.693 e.